The predicted molar refractivity (Wildman–Crippen MR) is 201 cm³/mol. The summed E-state index contributed by atoms with van der Waals surface area (Å²) in [6, 6.07) is 31.3. The molecule has 3 nitrogen and oxygen atoms in total. The van der Waals surface area contributed by atoms with Crippen LogP contribution in [-0.4, -0.2) is 32.1 Å². The van der Waals surface area contributed by atoms with E-state index in [2.05, 4.69) is 150 Å². The van der Waals surface area contributed by atoms with E-state index in [1.807, 2.05) is 0 Å². The van der Waals surface area contributed by atoms with E-state index in [1.165, 1.54) is 81.3 Å². The van der Waals surface area contributed by atoms with Gasteiger partial charge in [-0.2, -0.15) is 0 Å². The largest absolute Gasteiger partial charge is 0.308 e. The minimum Gasteiger partial charge on any atom is -0.308 e. The van der Waals surface area contributed by atoms with Crippen LogP contribution in [0.2, 0.25) is 0 Å². The molecule has 2 aliphatic heterocycles. The lowest BCUT2D eigenvalue weighted by atomic mass is 9.77. The van der Waals surface area contributed by atoms with Gasteiger partial charge in [-0.1, -0.05) is 98.6 Å². The smallest absolute Gasteiger partial charge is 0.0674 e. The minimum absolute atomic E-state index is 0.0574. The number of benzene rings is 4. The molecule has 4 aromatic carbocycles. The van der Waals surface area contributed by atoms with Gasteiger partial charge in [0.15, 0.2) is 0 Å². The lowest BCUT2D eigenvalue weighted by molar-refractivity contribution is 0.267. The van der Waals surface area contributed by atoms with Crippen molar-refractivity contribution >= 4 is 0 Å². The van der Waals surface area contributed by atoms with Gasteiger partial charge in [0.1, 0.15) is 0 Å². The van der Waals surface area contributed by atoms with Gasteiger partial charge in [0, 0.05) is 18.6 Å². The van der Waals surface area contributed by atoms with Crippen LogP contribution in [0.5, 0.6) is 0 Å². The van der Waals surface area contributed by atoms with Gasteiger partial charge >= 0.3 is 0 Å². The molecule has 1 saturated carbocycles. The molecule has 4 aromatic rings. The van der Waals surface area contributed by atoms with E-state index in [9.17, 15) is 0 Å². The number of nitrogens with one attached hydrogen (secondary N) is 2. The van der Waals surface area contributed by atoms with Crippen molar-refractivity contribution < 1.29 is 0 Å². The molecule has 0 saturated heterocycles. The number of hydrogen-bond acceptors (Lipinski definition) is 3. The first-order chi connectivity index (χ1) is 22.9. The van der Waals surface area contributed by atoms with Crippen molar-refractivity contribution in [2.75, 3.05) is 27.2 Å². The molecule has 3 heteroatoms. The molecule has 8 rings (SSSR count). The SMILES string of the molecule is CCC[C@@H]1Cc2ccccc2[C@](C)(NCCN(C)C)c2ccc(-c3ccc4c(c3)[C@]3(C)C[C@H]5C[C@@]5(C)c5cc(C)ccc5[C@@]4(C)N3)cc21. The monoisotopic (exact) mass is 637 g/mol. The summed E-state index contributed by atoms with van der Waals surface area (Å²) >= 11 is 0. The standard InChI is InChI=1S/C45H55N3/c1-9-12-32-24-33-13-10-11-14-36(33)44(5,46-21-22-48(7)8)37-19-16-30(25-35(32)37)31-17-20-39-41(26-31)43(4)28-34-27-42(34,3)40-23-29(2)15-18-38(40)45(39,6)47-43/h10-11,13-20,23,25-26,32,34,46-47H,9,12,21-22,24,27-28H2,1-8H3/t32-,34-,42-,43+,44+,45-/m1/s1. The highest BCUT2D eigenvalue weighted by atomic mass is 15.1. The Morgan fingerprint density at radius 3 is 2.25 bits per heavy atom. The third-order valence-corrected chi connectivity index (χ3v) is 13.1. The summed E-state index contributed by atoms with van der Waals surface area (Å²) in [7, 11) is 4.32. The van der Waals surface area contributed by atoms with E-state index < -0.39 is 0 Å². The van der Waals surface area contributed by atoms with Crippen LogP contribution in [0.15, 0.2) is 78.9 Å². The molecule has 48 heavy (non-hydrogen) atoms. The molecule has 0 spiro atoms. The Kier molecular flexibility index (Phi) is 7.42. The van der Waals surface area contributed by atoms with Gasteiger partial charge in [0.25, 0.3) is 0 Å². The summed E-state index contributed by atoms with van der Waals surface area (Å²) in [5.74, 6) is 1.20. The van der Waals surface area contributed by atoms with Crippen molar-refractivity contribution in [3.8, 4) is 11.1 Å². The maximum atomic E-state index is 4.26. The summed E-state index contributed by atoms with van der Waals surface area (Å²) in [5.41, 5.74) is 15.7. The topological polar surface area (TPSA) is 27.3 Å². The van der Waals surface area contributed by atoms with Crippen molar-refractivity contribution in [1.29, 1.82) is 0 Å². The predicted octanol–water partition coefficient (Wildman–Crippen LogP) is 9.28. The van der Waals surface area contributed by atoms with Crippen LogP contribution in [0.4, 0.5) is 0 Å². The Balaban J connectivity index is 1.25. The molecule has 2 bridgehead atoms. The number of nitrogens with zero attached hydrogens (tertiary/aromatic N) is 1. The van der Waals surface area contributed by atoms with Crippen LogP contribution < -0.4 is 10.6 Å². The zero-order valence-corrected chi connectivity index (χ0v) is 30.6. The van der Waals surface area contributed by atoms with Crippen LogP contribution >= 0.6 is 0 Å². The molecule has 4 aliphatic rings. The van der Waals surface area contributed by atoms with Crippen molar-refractivity contribution in [2.45, 2.75) is 102 Å². The Hall–Kier alpha value is -3.24. The molecule has 0 radical (unpaired) electrons. The quantitative estimate of drug-likeness (QED) is 0.212. The molecule has 1 fully saturated rings. The summed E-state index contributed by atoms with van der Waals surface area (Å²) in [6.45, 7) is 16.4. The fourth-order valence-corrected chi connectivity index (χ4v) is 10.4. The molecular weight excluding hydrogens is 583 g/mol. The molecule has 6 atom stereocenters. The highest BCUT2D eigenvalue weighted by Gasteiger charge is 2.61. The van der Waals surface area contributed by atoms with Gasteiger partial charge in [-0.3, -0.25) is 5.32 Å². The maximum Gasteiger partial charge on any atom is 0.0674 e. The maximum absolute atomic E-state index is 4.26. The average molecular weight is 638 g/mol. The second-order valence-electron chi connectivity index (χ2n) is 16.9. The van der Waals surface area contributed by atoms with Crippen molar-refractivity contribution in [2.24, 2.45) is 5.92 Å². The lowest BCUT2D eigenvalue weighted by Gasteiger charge is -2.38. The van der Waals surface area contributed by atoms with Crippen molar-refractivity contribution in [1.82, 2.24) is 15.5 Å². The fraction of sp³-hybridized carbons (Fsp3) is 0.467. The number of fused-ring (bicyclic) bond motifs is 11. The first-order valence-corrected chi connectivity index (χ1v) is 18.6. The van der Waals surface area contributed by atoms with Gasteiger partial charge < -0.3 is 10.2 Å². The highest BCUT2D eigenvalue weighted by Crippen LogP contribution is 2.64. The highest BCUT2D eigenvalue weighted by molar-refractivity contribution is 5.71. The van der Waals surface area contributed by atoms with Gasteiger partial charge in [-0.25, -0.2) is 0 Å². The fourth-order valence-electron chi connectivity index (χ4n) is 10.4. The first-order valence-electron chi connectivity index (χ1n) is 18.6. The summed E-state index contributed by atoms with van der Waals surface area (Å²) in [5, 5.41) is 8.31. The minimum atomic E-state index is -0.247. The zero-order chi connectivity index (χ0) is 33.6. The Morgan fingerprint density at radius 1 is 0.771 bits per heavy atom. The van der Waals surface area contributed by atoms with E-state index in [1.54, 1.807) is 5.56 Å². The summed E-state index contributed by atoms with van der Waals surface area (Å²) in [4.78, 5) is 2.27. The average Bonchev–Trinajstić information content (AvgIpc) is 3.66. The van der Waals surface area contributed by atoms with Crippen LogP contribution in [0.25, 0.3) is 11.1 Å². The molecule has 2 heterocycles. The van der Waals surface area contributed by atoms with Crippen molar-refractivity contribution in [3.63, 3.8) is 0 Å². The number of hydrogen-bond donors (Lipinski definition) is 2. The zero-order valence-electron chi connectivity index (χ0n) is 30.6. The van der Waals surface area contributed by atoms with Gasteiger partial charge in [0.05, 0.1) is 11.1 Å². The first kappa shape index (κ1) is 32.0. The van der Waals surface area contributed by atoms with Gasteiger partial charge in [-0.15, -0.1) is 0 Å². The second-order valence-corrected chi connectivity index (χ2v) is 16.9. The Labute approximate surface area is 289 Å². The molecule has 2 aliphatic carbocycles. The van der Waals surface area contributed by atoms with E-state index in [4.69, 9.17) is 0 Å². The van der Waals surface area contributed by atoms with Crippen LogP contribution in [0, 0.1) is 12.8 Å². The van der Waals surface area contributed by atoms with Crippen LogP contribution in [0.3, 0.4) is 0 Å². The number of aryl methyl sites for hydroxylation is 1. The molecule has 0 amide bonds. The molecule has 2 N–H and O–H groups in total. The Morgan fingerprint density at radius 2 is 1.48 bits per heavy atom. The molecule has 0 unspecified atom stereocenters. The van der Waals surface area contributed by atoms with E-state index in [0.717, 1.165) is 19.5 Å². The molecule has 0 aromatic heterocycles. The van der Waals surface area contributed by atoms with E-state index >= 15 is 0 Å². The lowest BCUT2D eigenvalue weighted by Crippen LogP contribution is -2.47. The second kappa shape index (κ2) is 11.1. The summed E-state index contributed by atoms with van der Waals surface area (Å²) < 4.78 is 0. The third-order valence-electron chi connectivity index (χ3n) is 13.1. The van der Waals surface area contributed by atoms with Gasteiger partial charge in [-0.05, 0) is 146 Å². The Bertz CT molecular complexity index is 1910. The van der Waals surface area contributed by atoms with E-state index in [0.29, 0.717) is 11.8 Å². The number of rotatable bonds is 7. The van der Waals surface area contributed by atoms with Crippen molar-refractivity contribution in [3.05, 3.63) is 129 Å². The third kappa shape index (κ3) is 4.79. The molecule has 250 valence electrons. The normalized spacial score (nSPS) is 31.1. The summed E-state index contributed by atoms with van der Waals surface area (Å²) in [6.07, 6.45) is 5.95. The van der Waals surface area contributed by atoms with Crippen LogP contribution in [-0.2, 0) is 28.5 Å². The van der Waals surface area contributed by atoms with Gasteiger partial charge in [0.2, 0.25) is 0 Å². The molecular formula is C45H55N3. The van der Waals surface area contributed by atoms with Crippen LogP contribution in [0.1, 0.15) is 116 Å². The number of likely N-dealkylation sites (N-methyl/N-ethyl adjacent to an activating group) is 1. The van der Waals surface area contributed by atoms with E-state index in [-0.39, 0.29) is 22.0 Å².